The van der Waals surface area contributed by atoms with Gasteiger partial charge in [0.1, 0.15) is 11.7 Å². The molecule has 0 radical (unpaired) electrons. The van der Waals surface area contributed by atoms with E-state index in [1.54, 1.807) is 0 Å². The molecule has 0 bridgehead atoms. The average Bonchev–Trinajstić information content (AvgIpc) is 2.56. The SMILES string of the molecule is CC(=CCc1ccccc1)C=C(C)CC1(C)CC(C)C(CC(=O)O)OO1. The molecule has 0 amide bonds. The molecular formula is C22H30O4. The Morgan fingerprint density at radius 1 is 1.31 bits per heavy atom. The van der Waals surface area contributed by atoms with Crippen molar-refractivity contribution < 1.29 is 19.7 Å². The Bertz CT molecular complexity index is 662. The van der Waals surface area contributed by atoms with Crippen LogP contribution in [0.1, 0.15) is 52.5 Å². The van der Waals surface area contributed by atoms with Gasteiger partial charge in [0.2, 0.25) is 0 Å². The third kappa shape index (κ3) is 6.43. The van der Waals surface area contributed by atoms with E-state index >= 15 is 0 Å². The van der Waals surface area contributed by atoms with Crippen LogP contribution in [0.4, 0.5) is 0 Å². The van der Waals surface area contributed by atoms with E-state index in [0.29, 0.717) is 0 Å². The number of aliphatic carboxylic acids is 1. The van der Waals surface area contributed by atoms with Crippen LogP contribution < -0.4 is 0 Å². The Kier molecular flexibility index (Phi) is 7.18. The first kappa shape index (κ1) is 20.4. The summed E-state index contributed by atoms with van der Waals surface area (Å²) in [6, 6.07) is 10.4. The van der Waals surface area contributed by atoms with Crippen molar-refractivity contribution in [2.24, 2.45) is 5.92 Å². The first-order valence-electron chi connectivity index (χ1n) is 9.21. The van der Waals surface area contributed by atoms with E-state index in [4.69, 9.17) is 14.9 Å². The molecule has 4 heteroatoms. The van der Waals surface area contributed by atoms with Crippen LogP contribution in [0, 0.1) is 5.92 Å². The summed E-state index contributed by atoms with van der Waals surface area (Å²) < 4.78 is 0. The summed E-state index contributed by atoms with van der Waals surface area (Å²) in [7, 11) is 0. The van der Waals surface area contributed by atoms with E-state index < -0.39 is 11.6 Å². The lowest BCUT2D eigenvalue weighted by molar-refractivity contribution is -0.415. The molecule has 0 spiro atoms. The molecule has 3 atom stereocenters. The molecule has 2 rings (SSSR count). The van der Waals surface area contributed by atoms with Gasteiger partial charge in [-0.25, -0.2) is 9.78 Å². The van der Waals surface area contributed by atoms with Gasteiger partial charge in [-0.2, -0.15) is 0 Å². The minimum absolute atomic E-state index is 0.0204. The lowest BCUT2D eigenvalue weighted by atomic mass is 9.83. The molecule has 1 N–H and O–H groups in total. The number of allylic oxidation sites excluding steroid dienone is 3. The Morgan fingerprint density at radius 2 is 2.00 bits per heavy atom. The highest BCUT2D eigenvalue weighted by atomic mass is 17.2. The fraction of sp³-hybridized carbons (Fsp3) is 0.500. The molecule has 1 fully saturated rings. The van der Waals surface area contributed by atoms with E-state index in [9.17, 15) is 4.79 Å². The van der Waals surface area contributed by atoms with Crippen molar-refractivity contribution in [1.82, 2.24) is 0 Å². The molecule has 3 unspecified atom stereocenters. The van der Waals surface area contributed by atoms with Crippen LogP contribution in [0.15, 0.2) is 53.6 Å². The van der Waals surface area contributed by atoms with Crippen molar-refractivity contribution in [1.29, 1.82) is 0 Å². The smallest absolute Gasteiger partial charge is 0.306 e. The molecule has 1 aromatic carbocycles. The zero-order chi connectivity index (χ0) is 19.2. The number of carboxylic acid groups (broad SMARTS) is 1. The molecule has 0 aromatic heterocycles. The summed E-state index contributed by atoms with van der Waals surface area (Å²) in [6.07, 6.45) is 6.47. The van der Waals surface area contributed by atoms with E-state index in [0.717, 1.165) is 19.3 Å². The second-order valence-electron chi connectivity index (χ2n) is 7.75. The summed E-state index contributed by atoms with van der Waals surface area (Å²) >= 11 is 0. The van der Waals surface area contributed by atoms with Gasteiger partial charge in [0.15, 0.2) is 0 Å². The van der Waals surface area contributed by atoms with E-state index in [1.165, 1.54) is 16.7 Å². The summed E-state index contributed by atoms with van der Waals surface area (Å²) in [5, 5.41) is 8.94. The van der Waals surface area contributed by atoms with Gasteiger partial charge in [0.25, 0.3) is 0 Å². The van der Waals surface area contributed by atoms with Crippen LogP contribution in [-0.2, 0) is 21.0 Å². The first-order valence-corrected chi connectivity index (χ1v) is 9.21. The molecule has 0 saturated carbocycles. The lowest BCUT2D eigenvalue weighted by Gasteiger charge is -2.39. The van der Waals surface area contributed by atoms with Gasteiger partial charge in [0, 0.05) is 6.42 Å². The van der Waals surface area contributed by atoms with Crippen molar-refractivity contribution in [3.63, 3.8) is 0 Å². The summed E-state index contributed by atoms with van der Waals surface area (Å²) in [5.41, 5.74) is 3.33. The Balaban J connectivity index is 1.92. The van der Waals surface area contributed by atoms with Gasteiger partial charge in [-0.15, -0.1) is 0 Å². The quantitative estimate of drug-likeness (QED) is 0.544. The predicted molar refractivity (Wildman–Crippen MR) is 103 cm³/mol. The third-order valence-electron chi connectivity index (χ3n) is 4.77. The van der Waals surface area contributed by atoms with Gasteiger partial charge in [-0.1, -0.05) is 60.6 Å². The number of benzene rings is 1. The van der Waals surface area contributed by atoms with Gasteiger partial charge < -0.3 is 5.11 Å². The number of rotatable bonds is 7. The second kappa shape index (κ2) is 9.15. The maximum atomic E-state index is 10.9. The molecule has 1 heterocycles. The number of carbonyl (C=O) groups is 1. The fourth-order valence-corrected chi connectivity index (χ4v) is 3.61. The molecular weight excluding hydrogens is 328 g/mol. The van der Waals surface area contributed by atoms with Gasteiger partial charge in [-0.3, -0.25) is 4.79 Å². The third-order valence-corrected chi connectivity index (χ3v) is 4.77. The normalized spacial score (nSPS) is 27.4. The van der Waals surface area contributed by atoms with Crippen molar-refractivity contribution in [3.05, 3.63) is 59.2 Å². The molecule has 1 aliphatic rings. The van der Waals surface area contributed by atoms with Gasteiger partial charge in [0.05, 0.1) is 6.42 Å². The monoisotopic (exact) mass is 358 g/mol. The Labute approximate surface area is 156 Å². The second-order valence-corrected chi connectivity index (χ2v) is 7.75. The summed E-state index contributed by atoms with van der Waals surface area (Å²) in [4.78, 5) is 21.9. The topological polar surface area (TPSA) is 55.8 Å². The van der Waals surface area contributed by atoms with Gasteiger partial charge >= 0.3 is 5.97 Å². The largest absolute Gasteiger partial charge is 0.481 e. The lowest BCUT2D eigenvalue weighted by Crippen LogP contribution is -2.43. The minimum Gasteiger partial charge on any atom is -0.481 e. The molecule has 1 aromatic rings. The highest BCUT2D eigenvalue weighted by Crippen LogP contribution is 2.36. The molecule has 26 heavy (non-hydrogen) atoms. The summed E-state index contributed by atoms with van der Waals surface area (Å²) in [5.74, 6) is -0.711. The van der Waals surface area contributed by atoms with Crippen molar-refractivity contribution in [2.45, 2.75) is 65.1 Å². The van der Waals surface area contributed by atoms with Crippen LogP contribution in [0.2, 0.25) is 0 Å². The maximum absolute atomic E-state index is 10.9. The first-order chi connectivity index (χ1) is 12.3. The highest BCUT2D eigenvalue weighted by Gasteiger charge is 2.39. The van der Waals surface area contributed by atoms with Crippen LogP contribution in [-0.4, -0.2) is 22.8 Å². The van der Waals surface area contributed by atoms with E-state index in [2.05, 4.69) is 50.3 Å². The summed E-state index contributed by atoms with van der Waals surface area (Å²) in [6.45, 7) is 8.26. The van der Waals surface area contributed by atoms with Crippen LogP contribution in [0.3, 0.4) is 0 Å². The van der Waals surface area contributed by atoms with Crippen molar-refractivity contribution >= 4 is 5.97 Å². The molecule has 4 nitrogen and oxygen atoms in total. The van der Waals surface area contributed by atoms with Crippen molar-refractivity contribution in [3.8, 4) is 0 Å². The Hall–Kier alpha value is -1.91. The number of hydrogen-bond donors (Lipinski definition) is 1. The number of carboxylic acids is 1. The number of hydrogen-bond acceptors (Lipinski definition) is 3. The van der Waals surface area contributed by atoms with Crippen LogP contribution in [0.25, 0.3) is 0 Å². The minimum atomic E-state index is -0.857. The zero-order valence-corrected chi connectivity index (χ0v) is 16.2. The molecule has 142 valence electrons. The predicted octanol–water partition coefficient (Wildman–Crippen LogP) is 5.10. The zero-order valence-electron chi connectivity index (χ0n) is 16.2. The molecule has 0 aliphatic carbocycles. The average molecular weight is 358 g/mol. The van der Waals surface area contributed by atoms with Crippen molar-refractivity contribution in [2.75, 3.05) is 0 Å². The van der Waals surface area contributed by atoms with E-state index in [-0.39, 0.29) is 18.4 Å². The standard InChI is InChI=1S/C22H30O4/c1-16(10-11-19-8-6-5-7-9-19)12-17(2)14-22(4)15-18(3)20(25-26-22)13-21(23)24/h5-10,12,18,20H,11,13-15H2,1-4H3,(H,23,24). The Morgan fingerprint density at radius 3 is 2.62 bits per heavy atom. The van der Waals surface area contributed by atoms with Crippen LogP contribution in [0.5, 0.6) is 0 Å². The highest BCUT2D eigenvalue weighted by molar-refractivity contribution is 5.67. The van der Waals surface area contributed by atoms with Crippen LogP contribution >= 0.6 is 0 Å². The molecule has 1 aliphatic heterocycles. The maximum Gasteiger partial charge on any atom is 0.306 e. The van der Waals surface area contributed by atoms with Gasteiger partial charge in [-0.05, 0) is 45.1 Å². The van der Waals surface area contributed by atoms with E-state index in [1.807, 2.05) is 19.9 Å². The molecule has 1 saturated heterocycles. The fourth-order valence-electron chi connectivity index (χ4n) is 3.61.